The van der Waals surface area contributed by atoms with Gasteiger partial charge in [-0.3, -0.25) is 9.69 Å². The number of nitrogens with zero attached hydrogens (tertiary/aromatic N) is 2. The van der Waals surface area contributed by atoms with Crippen molar-refractivity contribution in [2.24, 2.45) is 0 Å². The van der Waals surface area contributed by atoms with E-state index >= 15 is 0 Å². The van der Waals surface area contributed by atoms with Gasteiger partial charge in [0.2, 0.25) is 0 Å². The number of ketones is 1. The molecule has 0 aliphatic carbocycles. The normalized spacial score (nSPS) is 15.0. The summed E-state index contributed by atoms with van der Waals surface area (Å²) in [6.07, 6.45) is 0.462. The third kappa shape index (κ3) is 4.98. The van der Waals surface area contributed by atoms with Gasteiger partial charge in [0, 0.05) is 50.4 Å². The molecule has 0 bridgehead atoms. The van der Waals surface area contributed by atoms with Crippen molar-refractivity contribution in [3.05, 3.63) is 53.8 Å². The van der Waals surface area contributed by atoms with E-state index < -0.39 is 0 Å². The van der Waals surface area contributed by atoms with E-state index in [9.17, 15) is 9.18 Å². The molecule has 0 saturated carbocycles. The van der Waals surface area contributed by atoms with Crippen molar-refractivity contribution in [3.63, 3.8) is 0 Å². The van der Waals surface area contributed by atoms with Gasteiger partial charge in [0.15, 0.2) is 5.78 Å². The molecule has 1 fully saturated rings. The highest BCUT2D eigenvalue weighted by Crippen LogP contribution is 2.23. The molecule has 3 rings (SSSR count). The molecule has 2 aromatic carbocycles. The van der Waals surface area contributed by atoms with Crippen LogP contribution in [0.1, 0.15) is 23.7 Å². The third-order valence-electron chi connectivity index (χ3n) is 4.85. The molecule has 0 atom stereocenters. The number of nitrogens with two attached hydrogens (primary N) is 1. The van der Waals surface area contributed by atoms with Gasteiger partial charge in [0.05, 0.1) is 12.3 Å². The van der Waals surface area contributed by atoms with Gasteiger partial charge in [-0.2, -0.15) is 0 Å². The van der Waals surface area contributed by atoms with Crippen LogP contribution in [0.5, 0.6) is 5.75 Å². The fourth-order valence-corrected chi connectivity index (χ4v) is 3.29. The maximum Gasteiger partial charge on any atom is 0.164 e. The quantitative estimate of drug-likeness (QED) is 0.598. The number of anilines is 2. The Kier molecular flexibility index (Phi) is 6.29. The van der Waals surface area contributed by atoms with Gasteiger partial charge >= 0.3 is 0 Å². The minimum atomic E-state index is -0.217. The van der Waals surface area contributed by atoms with Gasteiger partial charge in [-0.1, -0.05) is 0 Å². The summed E-state index contributed by atoms with van der Waals surface area (Å²) >= 11 is 0. The number of carbonyl (C=O) groups excluding carboxylic acids is 1. The Hall–Kier alpha value is -2.60. The second kappa shape index (κ2) is 8.86. The molecule has 0 amide bonds. The predicted molar refractivity (Wildman–Crippen MR) is 106 cm³/mol. The van der Waals surface area contributed by atoms with Gasteiger partial charge in [-0.25, -0.2) is 4.39 Å². The van der Waals surface area contributed by atoms with Crippen molar-refractivity contribution >= 4 is 17.2 Å². The van der Waals surface area contributed by atoms with Gasteiger partial charge < -0.3 is 15.4 Å². The number of piperazine rings is 1. The first-order valence-electron chi connectivity index (χ1n) is 9.35. The SMILES string of the molecule is CCOc1ccc(C(=O)CCN2CCN(c3ccc(F)cc3)CC2)cc1N. The number of nitrogen functional groups attached to an aromatic ring is 1. The van der Waals surface area contributed by atoms with E-state index in [2.05, 4.69) is 9.80 Å². The van der Waals surface area contributed by atoms with E-state index in [0.29, 0.717) is 30.0 Å². The molecule has 1 aliphatic heterocycles. The average molecular weight is 371 g/mol. The highest BCUT2D eigenvalue weighted by Gasteiger charge is 2.18. The maximum absolute atomic E-state index is 13.0. The van der Waals surface area contributed by atoms with Crippen LogP contribution in [0.15, 0.2) is 42.5 Å². The van der Waals surface area contributed by atoms with Crippen LogP contribution in [-0.4, -0.2) is 50.0 Å². The predicted octanol–water partition coefficient (Wildman–Crippen LogP) is 3.20. The van der Waals surface area contributed by atoms with Crippen LogP contribution in [0.25, 0.3) is 0 Å². The van der Waals surface area contributed by atoms with Crippen LogP contribution >= 0.6 is 0 Å². The summed E-state index contributed by atoms with van der Waals surface area (Å²) in [7, 11) is 0. The summed E-state index contributed by atoms with van der Waals surface area (Å²) in [5.74, 6) is 0.488. The Bertz CT molecular complexity index is 771. The van der Waals surface area contributed by atoms with Crippen LogP contribution in [0, 0.1) is 5.82 Å². The van der Waals surface area contributed by atoms with Crippen LogP contribution in [0.4, 0.5) is 15.8 Å². The molecule has 2 aromatic rings. The minimum Gasteiger partial charge on any atom is -0.492 e. The summed E-state index contributed by atoms with van der Waals surface area (Å²) in [6, 6.07) is 11.8. The number of Topliss-reactive ketones (excluding diaryl/α,β-unsaturated/α-hetero) is 1. The van der Waals surface area contributed by atoms with Gasteiger partial charge in [0.25, 0.3) is 0 Å². The molecule has 2 N–H and O–H groups in total. The largest absolute Gasteiger partial charge is 0.492 e. The number of benzene rings is 2. The van der Waals surface area contributed by atoms with Gasteiger partial charge in [0.1, 0.15) is 11.6 Å². The number of hydrogen-bond donors (Lipinski definition) is 1. The zero-order chi connectivity index (χ0) is 19.2. The number of hydrogen-bond acceptors (Lipinski definition) is 5. The Morgan fingerprint density at radius 1 is 1.11 bits per heavy atom. The lowest BCUT2D eigenvalue weighted by atomic mass is 10.1. The molecule has 0 unspecified atom stereocenters. The summed E-state index contributed by atoms with van der Waals surface area (Å²) in [6.45, 7) is 6.68. The fraction of sp³-hybridized carbons (Fsp3) is 0.381. The number of carbonyl (C=O) groups is 1. The topological polar surface area (TPSA) is 58.8 Å². The fourth-order valence-electron chi connectivity index (χ4n) is 3.29. The number of halogens is 1. The monoisotopic (exact) mass is 371 g/mol. The van der Waals surface area contributed by atoms with E-state index in [1.165, 1.54) is 12.1 Å². The van der Waals surface area contributed by atoms with Crippen molar-refractivity contribution < 1.29 is 13.9 Å². The van der Waals surface area contributed by atoms with Crippen molar-refractivity contribution in [3.8, 4) is 5.75 Å². The summed E-state index contributed by atoms with van der Waals surface area (Å²) in [5, 5.41) is 0. The maximum atomic E-state index is 13.0. The third-order valence-corrected chi connectivity index (χ3v) is 4.85. The van der Waals surface area contributed by atoms with E-state index in [-0.39, 0.29) is 11.6 Å². The molecule has 6 heteroatoms. The molecule has 27 heavy (non-hydrogen) atoms. The smallest absolute Gasteiger partial charge is 0.164 e. The Balaban J connectivity index is 1.47. The molecule has 144 valence electrons. The molecule has 5 nitrogen and oxygen atoms in total. The summed E-state index contributed by atoms with van der Waals surface area (Å²) in [4.78, 5) is 17.0. The van der Waals surface area contributed by atoms with E-state index in [1.54, 1.807) is 18.2 Å². The molecule has 0 radical (unpaired) electrons. The first-order chi connectivity index (χ1) is 13.1. The first-order valence-corrected chi connectivity index (χ1v) is 9.35. The highest BCUT2D eigenvalue weighted by atomic mass is 19.1. The first kappa shape index (κ1) is 19.2. The van der Waals surface area contributed by atoms with Crippen molar-refractivity contribution in [2.45, 2.75) is 13.3 Å². The van der Waals surface area contributed by atoms with E-state index in [1.807, 2.05) is 19.1 Å². The Labute approximate surface area is 159 Å². The van der Waals surface area contributed by atoms with Crippen LogP contribution in [-0.2, 0) is 0 Å². The molecule has 1 saturated heterocycles. The van der Waals surface area contributed by atoms with Crippen molar-refractivity contribution in [1.29, 1.82) is 0 Å². The van der Waals surface area contributed by atoms with E-state index in [4.69, 9.17) is 10.5 Å². The molecular formula is C21H26FN3O2. The van der Waals surface area contributed by atoms with Crippen LogP contribution in [0.2, 0.25) is 0 Å². The van der Waals surface area contributed by atoms with Crippen molar-refractivity contribution in [2.75, 3.05) is 50.0 Å². The highest BCUT2D eigenvalue weighted by molar-refractivity contribution is 5.97. The number of rotatable bonds is 7. The van der Waals surface area contributed by atoms with Crippen molar-refractivity contribution in [1.82, 2.24) is 4.90 Å². The summed E-state index contributed by atoms with van der Waals surface area (Å²) in [5.41, 5.74) is 8.11. The standard InChI is InChI=1S/C21H26FN3O2/c1-2-27-21-8-3-16(15-19(21)23)20(26)9-10-24-11-13-25(14-12-24)18-6-4-17(22)5-7-18/h3-8,15H,2,9-14,23H2,1H3. The molecule has 0 spiro atoms. The van der Waals surface area contributed by atoms with Gasteiger partial charge in [-0.05, 0) is 49.4 Å². The second-order valence-corrected chi connectivity index (χ2v) is 6.66. The zero-order valence-electron chi connectivity index (χ0n) is 15.7. The average Bonchev–Trinajstić information content (AvgIpc) is 2.69. The molecule has 1 heterocycles. The Morgan fingerprint density at radius 2 is 1.81 bits per heavy atom. The van der Waals surface area contributed by atoms with Crippen LogP contribution < -0.4 is 15.4 Å². The Morgan fingerprint density at radius 3 is 2.44 bits per heavy atom. The lowest BCUT2D eigenvalue weighted by Crippen LogP contribution is -2.46. The minimum absolute atomic E-state index is 0.0886. The zero-order valence-corrected chi connectivity index (χ0v) is 15.7. The van der Waals surface area contributed by atoms with Gasteiger partial charge in [-0.15, -0.1) is 0 Å². The lowest BCUT2D eigenvalue weighted by Gasteiger charge is -2.36. The second-order valence-electron chi connectivity index (χ2n) is 6.66. The molecule has 0 aromatic heterocycles. The van der Waals surface area contributed by atoms with Crippen LogP contribution in [0.3, 0.4) is 0 Å². The molecule has 1 aliphatic rings. The van der Waals surface area contributed by atoms with E-state index in [0.717, 1.165) is 38.4 Å². The number of ether oxygens (including phenoxy) is 1. The molecular weight excluding hydrogens is 345 g/mol. The summed E-state index contributed by atoms with van der Waals surface area (Å²) < 4.78 is 18.5. The lowest BCUT2D eigenvalue weighted by molar-refractivity contribution is 0.0962.